The number of hydrogen-bond acceptors (Lipinski definition) is 3. The van der Waals surface area contributed by atoms with Crippen molar-refractivity contribution < 1.29 is 4.74 Å². The molecule has 1 atom stereocenters. The summed E-state index contributed by atoms with van der Waals surface area (Å²) in [7, 11) is 1.81. The summed E-state index contributed by atoms with van der Waals surface area (Å²) in [6.07, 6.45) is 5.28. The SMILES string of the molecule is CCC(CC)CN(CC)C(CNC1CC1)COC. The van der Waals surface area contributed by atoms with E-state index in [1.807, 2.05) is 7.11 Å². The van der Waals surface area contributed by atoms with Crippen molar-refractivity contribution in [2.45, 2.75) is 58.5 Å². The molecule has 1 rings (SSSR count). The summed E-state index contributed by atoms with van der Waals surface area (Å²) in [6.45, 7) is 11.1. The molecule has 0 heterocycles. The van der Waals surface area contributed by atoms with Gasteiger partial charge in [-0.2, -0.15) is 0 Å². The van der Waals surface area contributed by atoms with Crippen molar-refractivity contribution in [2.75, 3.05) is 33.4 Å². The van der Waals surface area contributed by atoms with Gasteiger partial charge in [0.1, 0.15) is 0 Å². The van der Waals surface area contributed by atoms with Gasteiger partial charge in [0, 0.05) is 32.3 Å². The Morgan fingerprint density at radius 3 is 2.33 bits per heavy atom. The lowest BCUT2D eigenvalue weighted by Crippen LogP contribution is -2.47. The number of hydrogen-bond donors (Lipinski definition) is 1. The van der Waals surface area contributed by atoms with Crippen LogP contribution in [-0.4, -0.2) is 50.3 Å². The van der Waals surface area contributed by atoms with E-state index in [0.717, 1.165) is 31.7 Å². The van der Waals surface area contributed by atoms with Crippen molar-refractivity contribution in [3.8, 4) is 0 Å². The molecule has 0 amide bonds. The molecule has 3 heteroatoms. The van der Waals surface area contributed by atoms with Crippen LogP contribution in [0.1, 0.15) is 46.5 Å². The van der Waals surface area contributed by atoms with Crippen LogP contribution >= 0.6 is 0 Å². The first kappa shape index (κ1) is 15.9. The van der Waals surface area contributed by atoms with Crippen LogP contribution in [0, 0.1) is 5.92 Å². The summed E-state index contributed by atoms with van der Waals surface area (Å²) < 4.78 is 5.41. The molecule has 0 bridgehead atoms. The molecule has 0 radical (unpaired) electrons. The zero-order chi connectivity index (χ0) is 13.4. The van der Waals surface area contributed by atoms with E-state index in [-0.39, 0.29) is 0 Å². The Kier molecular flexibility index (Phi) is 7.87. The fourth-order valence-electron chi connectivity index (χ4n) is 2.49. The van der Waals surface area contributed by atoms with Crippen LogP contribution in [0.15, 0.2) is 0 Å². The first-order valence-corrected chi connectivity index (χ1v) is 7.71. The molecule has 0 aliphatic heterocycles. The summed E-state index contributed by atoms with van der Waals surface area (Å²) in [5, 5.41) is 3.64. The number of nitrogens with one attached hydrogen (secondary N) is 1. The lowest BCUT2D eigenvalue weighted by atomic mass is 10.0. The molecule has 1 unspecified atom stereocenters. The van der Waals surface area contributed by atoms with Crippen molar-refractivity contribution in [2.24, 2.45) is 5.92 Å². The molecule has 0 aromatic heterocycles. The molecule has 0 aromatic rings. The predicted octanol–water partition coefficient (Wildman–Crippen LogP) is 2.51. The minimum Gasteiger partial charge on any atom is -0.383 e. The van der Waals surface area contributed by atoms with Gasteiger partial charge < -0.3 is 10.1 Å². The lowest BCUT2D eigenvalue weighted by Gasteiger charge is -2.33. The predicted molar refractivity (Wildman–Crippen MR) is 78.0 cm³/mol. The Labute approximate surface area is 113 Å². The smallest absolute Gasteiger partial charge is 0.0630 e. The minimum absolute atomic E-state index is 0.529. The first-order chi connectivity index (χ1) is 8.74. The van der Waals surface area contributed by atoms with E-state index >= 15 is 0 Å². The molecule has 1 fully saturated rings. The Hall–Kier alpha value is -0.120. The van der Waals surface area contributed by atoms with E-state index in [0.29, 0.717) is 6.04 Å². The monoisotopic (exact) mass is 256 g/mol. The average molecular weight is 256 g/mol. The number of methoxy groups -OCH3 is 1. The molecule has 1 saturated carbocycles. The average Bonchev–Trinajstić information content (AvgIpc) is 3.21. The van der Waals surface area contributed by atoms with Gasteiger partial charge in [0.05, 0.1) is 6.61 Å². The number of nitrogens with zero attached hydrogens (tertiary/aromatic N) is 1. The van der Waals surface area contributed by atoms with Gasteiger partial charge in [0.15, 0.2) is 0 Å². The second-order valence-corrected chi connectivity index (χ2v) is 5.56. The fraction of sp³-hybridized carbons (Fsp3) is 1.00. The van der Waals surface area contributed by atoms with Gasteiger partial charge in [-0.3, -0.25) is 4.90 Å². The highest BCUT2D eigenvalue weighted by atomic mass is 16.5. The summed E-state index contributed by atoms with van der Waals surface area (Å²) in [5.41, 5.74) is 0. The third-order valence-corrected chi connectivity index (χ3v) is 4.15. The van der Waals surface area contributed by atoms with Crippen LogP contribution in [0.3, 0.4) is 0 Å². The van der Waals surface area contributed by atoms with Crippen molar-refractivity contribution >= 4 is 0 Å². The highest BCUT2D eigenvalue weighted by Gasteiger charge is 2.24. The summed E-state index contributed by atoms with van der Waals surface area (Å²) in [5.74, 6) is 0.824. The summed E-state index contributed by atoms with van der Waals surface area (Å²) in [6, 6.07) is 1.32. The van der Waals surface area contributed by atoms with Crippen molar-refractivity contribution in [3.63, 3.8) is 0 Å². The van der Waals surface area contributed by atoms with Gasteiger partial charge in [0.25, 0.3) is 0 Å². The van der Waals surface area contributed by atoms with Gasteiger partial charge in [-0.15, -0.1) is 0 Å². The molecule has 0 spiro atoms. The van der Waals surface area contributed by atoms with E-state index in [1.165, 1.54) is 32.2 Å². The van der Waals surface area contributed by atoms with E-state index in [1.54, 1.807) is 0 Å². The van der Waals surface area contributed by atoms with Crippen LogP contribution in [0.2, 0.25) is 0 Å². The third-order valence-electron chi connectivity index (χ3n) is 4.15. The van der Waals surface area contributed by atoms with E-state index in [4.69, 9.17) is 4.74 Å². The standard InChI is InChI=1S/C15H32N2O/c1-5-13(6-2)11-17(7-3)15(12-18-4)10-16-14-8-9-14/h13-16H,5-12H2,1-4H3. The van der Waals surface area contributed by atoms with Gasteiger partial charge in [-0.05, 0) is 25.3 Å². The first-order valence-electron chi connectivity index (χ1n) is 7.71. The van der Waals surface area contributed by atoms with E-state index < -0.39 is 0 Å². The molecular formula is C15H32N2O. The zero-order valence-corrected chi connectivity index (χ0v) is 12.7. The maximum atomic E-state index is 5.41. The van der Waals surface area contributed by atoms with Crippen molar-refractivity contribution in [1.29, 1.82) is 0 Å². The third kappa shape index (κ3) is 5.68. The molecule has 108 valence electrons. The number of rotatable bonds is 11. The van der Waals surface area contributed by atoms with Crippen LogP contribution < -0.4 is 5.32 Å². The molecule has 1 aliphatic rings. The molecule has 1 N–H and O–H groups in total. The summed E-state index contributed by atoms with van der Waals surface area (Å²) in [4.78, 5) is 2.59. The maximum absolute atomic E-state index is 5.41. The van der Waals surface area contributed by atoms with Gasteiger partial charge in [-0.25, -0.2) is 0 Å². The highest BCUT2D eigenvalue weighted by molar-refractivity contribution is 4.84. The molecule has 18 heavy (non-hydrogen) atoms. The normalized spacial score (nSPS) is 17.7. The van der Waals surface area contributed by atoms with Gasteiger partial charge >= 0.3 is 0 Å². The minimum atomic E-state index is 0.529. The van der Waals surface area contributed by atoms with Gasteiger partial charge in [0.2, 0.25) is 0 Å². The molecule has 0 saturated heterocycles. The second kappa shape index (κ2) is 8.89. The lowest BCUT2D eigenvalue weighted by molar-refractivity contribution is 0.0803. The second-order valence-electron chi connectivity index (χ2n) is 5.56. The van der Waals surface area contributed by atoms with Crippen LogP contribution in [-0.2, 0) is 4.74 Å². The van der Waals surface area contributed by atoms with E-state index in [9.17, 15) is 0 Å². The van der Waals surface area contributed by atoms with Crippen LogP contribution in [0.25, 0.3) is 0 Å². The highest BCUT2D eigenvalue weighted by Crippen LogP contribution is 2.19. The van der Waals surface area contributed by atoms with Crippen LogP contribution in [0.4, 0.5) is 0 Å². The fourth-order valence-corrected chi connectivity index (χ4v) is 2.49. The molecule has 3 nitrogen and oxygen atoms in total. The quantitative estimate of drug-likeness (QED) is 0.615. The Bertz CT molecular complexity index is 203. The van der Waals surface area contributed by atoms with Crippen molar-refractivity contribution in [1.82, 2.24) is 10.2 Å². The molecular weight excluding hydrogens is 224 g/mol. The number of likely N-dealkylation sites (N-methyl/N-ethyl adjacent to an activating group) is 1. The Balaban J connectivity index is 2.42. The largest absolute Gasteiger partial charge is 0.383 e. The topological polar surface area (TPSA) is 24.5 Å². The molecule has 0 aromatic carbocycles. The molecule has 1 aliphatic carbocycles. The van der Waals surface area contributed by atoms with Crippen LogP contribution in [0.5, 0.6) is 0 Å². The Morgan fingerprint density at radius 1 is 1.22 bits per heavy atom. The number of ether oxygens (including phenoxy) is 1. The van der Waals surface area contributed by atoms with Crippen molar-refractivity contribution in [3.05, 3.63) is 0 Å². The maximum Gasteiger partial charge on any atom is 0.0630 e. The Morgan fingerprint density at radius 2 is 1.89 bits per heavy atom. The van der Waals surface area contributed by atoms with Gasteiger partial charge in [-0.1, -0.05) is 33.6 Å². The zero-order valence-electron chi connectivity index (χ0n) is 12.7. The van der Waals surface area contributed by atoms with E-state index in [2.05, 4.69) is 31.0 Å². The summed E-state index contributed by atoms with van der Waals surface area (Å²) >= 11 is 0.